The van der Waals surface area contributed by atoms with Crippen molar-refractivity contribution in [2.45, 2.75) is 19.4 Å². The van der Waals surface area contributed by atoms with E-state index in [1.54, 1.807) is 12.1 Å². The first-order valence-electron chi connectivity index (χ1n) is 5.62. The number of urea groups is 1. The van der Waals surface area contributed by atoms with Crippen LogP contribution in [0.5, 0.6) is 0 Å². The van der Waals surface area contributed by atoms with Crippen LogP contribution in [0, 0.1) is 6.92 Å². The van der Waals surface area contributed by atoms with Crippen LogP contribution in [0.2, 0.25) is 0 Å². The van der Waals surface area contributed by atoms with Crippen LogP contribution in [0.1, 0.15) is 12.0 Å². The molecule has 0 saturated carbocycles. The van der Waals surface area contributed by atoms with Gasteiger partial charge in [-0.15, -0.1) is 0 Å². The van der Waals surface area contributed by atoms with E-state index in [9.17, 15) is 9.59 Å². The molecule has 19 heavy (non-hydrogen) atoms. The Kier molecular flexibility index (Phi) is 5.78. The molecular weight excluding hydrogens is 316 g/mol. The molecule has 0 bridgehead atoms. The molecule has 0 unspecified atom stereocenters. The number of nitrogens with one attached hydrogen (secondary N) is 2. The normalized spacial score (nSPS) is 11.7. The first kappa shape index (κ1) is 15.5. The third kappa shape index (κ3) is 4.88. The molecule has 1 aromatic carbocycles. The molecule has 1 atom stereocenters. The molecule has 6 nitrogen and oxygen atoms in total. The topological polar surface area (TPSA) is 98.7 Å². The average Bonchev–Trinajstić information content (AvgIpc) is 2.34. The first-order valence-corrected chi connectivity index (χ1v) is 6.42. The number of aliphatic hydroxyl groups is 1. The Morgan fingerprint density at radius 1 is 1.42 bits per heavy atom. The summed E-state index contributed by atoms with van der Waals surface area (Å²) < 4.78 is 0.881. The lowest BCUT2D eigenvalue weighted by molar-refractivity contribution is -0.146. The van der Waals surface area contributed by atoms with E-state index in [4.69, 9.17) is 10.2 Å². The van der Waals surface area contributed by atoms with Gasteiger partial charge < -0.3 is 20.8 Å². The second-order valence-corrected chi connectivity index (χ2v) is 4.79. The number of carbonyl (C=O) groups excluding carboxylic acids is 1. The van der Waals surface area contributed by atoms with Crippen LogP contribution in [0.15, 0.2) is 22.7 Å². The Morgan fingerprint density at radius 2 is 2.11 bits per heavy atom. The van der Waals surface area contributed by atoms with Gasteiger partial charge in [0, 0.05) is 23.1 Å². The van der Waals surface area contributed by atoms with E-state index in [1.165, 1.54) is 0 Å². The molecule has 0 heterocycles. The highest BCUT2D eigenvalue weighted by molar-refractivity contribution is 9.10. The number of amides is 2. The quantitative estimate of drug-likeness (QED) is 0.660. The van der Waals surface area contributed by atoms with Crippen LogP contribution in [0.4, 0.5) is 10.5 Å². The summed E-state index contributed by atoms with van der Waals surface area (Å²) in [6, 6.07) is 4.97. The number of aliphatic hydroxyl groups excluding tert-OH is 1. The van der Waals surface area contributed by atoms with Crippen molar-refractivity contribution in [1.29, 1.82) is 0 Å². The number of benzene rings is 1. The highest BCUT2D eigenvalue weighted by Gasteiger charge is 2.13. The van der Waals surface area contributed by atoms with Gasteiger partial charge in [0.2, 0.25) is 0 Å². The number of aliphatic carboxylic acids is 1. The third-order valence-electron chi connectivity index (χ3n) is 2.50. The van der Waals surface area contributed by atoms with Gasteiger partial charge in [0.1, 0.15) is 0 Å². The molecule has 104 valence electrons. The van der Waals surface area contributed by atoms with Gasteiger partial charge in [0.15, 0.2) is 6.10 Å². The van der Waals surface area contributed by atoms with Crippen molar-refractivity contribution in [2.24, 2.45) is 0 Å². The summed E-state index contributed by atoms with van der Waals surface area (Å²) in [5, 5.41) is 22.6. The summed E-state index contributed by atoms with van der Waals surface area (Å²) in [6.07, 6.45) is -1.51. The maximum atomic E-state index is 11.6. The molecular formula is C12H15BrN2O4. The summed E-state index contributed by atoms with van der Waals surface area (Å²) in [5.74, 6) is -1.30. The zero-order valence-electron chi connectivity index (χ0n) is 10.3. The van der Waals surface area contributed by atoms with Crippen LogP contribution in [-0.2, 0) is 4.79 Å². The monoisotopic (exact) mass is 330 g/mol. The van der Waals surface area contributed by atoms with Crippen molar-refractivity contribution in [3.05, 3.63) is 28.2 Å². The number of carbonyl (C=O) groups is 2. The van der Waals surface area contributed by atoms with Crippen molar-refractivity contribution >= 4 is 33.6 Å². The first-order chi connectivity index (χ1) is 8.91. The number of carboxylic acids is 1. The fourth-order valence-electron chi connectivity index (χ4n) is 1.36. The van der Waals surface area contributed by atoms with Gasteiger partial charge in [-0.05, 0) is 24.6 Å². The van der Waals surface area contributed by atoms with Gasteiger partial charge >= 0.3 is 12.0 Å². The zero-order chi connectivity index (χ0) is 14.4. The molecule has 1 aromatic rings. The minimum Gasteiger partial charge on any atom is -0.479 e. The molecule has 2 amide bonds. The molecule has 7 heteroatoms. The Labute approximate surface area is 118 Å². The molecule has 0 aliphatic carbocycles. The summed E-state index contributed by atoms with van der Waals surface area (Å²) in [4.78, 5) is 21.9. The standard InChI is InChI=1S/C12H15BrN2O4/c1-7-8(13)3-2-4-9(7)15-12(19)14-6-5-10(16)11(17)18/h2-4,10,16H,5-6H2,1H3,(H,17,18)(H2,14,15,19)/t10-/m0/s1. The zero-order valence-corrected chi connectivity index (χ0v) is 11.9. The van der Waals surface area contributed by atoms with Crippen LogP contribution < -0.4 is 10.6 Å². The van der Waals surface area contributed by atoms with E-state index < -0.39 is 18.1 Å². The van der Waals surface area contributed by atoms with E-state index in [1.807, 2.05) is 13.0 Å². The highest BCUT2D eigenvalue weighted by Crippen LogP contribution is 2.23. The number of anilines is 1. The van der Waals surface area contributed by atoms with Gasteiger partial charge in [-0.2, -0.15) is 0 Å². The fourth-order valence-corrected chi connectivity index (χ4v) is 1.72. The Bertz CT molecular complexity index is 479. The van der Waals surface area contributed by atoms with E-state index >= 15 is 0 Å². The van der Waals surface area contributed by atoms with Crippen molar-refractivity contribution in [3.8, 4) is 0 Å². The number of hydrogen-bond acceptors (Lipinski definition) is 3. The molecule has 4 N–H and O–H groups in total. The lowest BCUT2D eigenvalue weighted by Crippen LogP contribution is -2.33. The predicted molar refractivity (Wildman–Crippen MR) is 74.2 cm³/mol. The largest absolute Gasteiger partial charge is 0.479 e. The lowest BCUT2D eigenvalue weighted by atomic mass is 10.2. The molecule has 0 aliphatic rings. The number of hydrogen-bond donors (Lipinski definition) is 4. The molecule has 0 saturated heterocycles. The minimum absolute atomic E-state index is 0.0414. The molecule has 0 spiro atoms. The van der Waals surface area contributed by atoms with Crippen molar-refractivity contribution in [1.82, 2.24) is 5.32 Å². The number of rotatable bonds is 5. The SMILES string of the molecule is Cc1c(Br)cccc1NC(=O)NCC[C@H](O)C(=O)O. The summed E-state index contributed by atoms with van der Waals surface area (Å²) in [5.41, 5.74) is 1.55. The van der Waals surface area contributed by atoms with Crippen molar-refractivity contribution in [3.63, 3.8) is 0 Å². The average molecular weight is 331 g/mol. The molecule has 1 rings (SSSR count). The van der Waals surface area contributed by atoms with E-state index in [-0.39, 0.29) is 13.0 Å². The minimum atomic E-state index is -1.46. The maximum absolute atomic E-state index is 11.6. The van der Waals surface area contributed by atoms with Gasteiger partial charge in [-0.3, -0.25) is 0 Å². The van der Waals surface area contributed by atoms with E-state index in [2.05, 4.69) is 26.6 Å². The predicted octanol–water partition coefficient (Wildman–Crippen LogP) is 1.71. The Balaban J connectivity index is 2.43. The van der Waals surface area contributed by atoms with Gasteiger partial charge in [-0.1, -0.05) is 22.0 Å². The maximum Gasteiger partial charge on any atom is 0.332 e. The smallest absolute Gasteiger partial charge is 0.332 e. The Hall–Kier alpha value is -1.60. The van der Waals surface area contributed by atoms with Gasteiger partial charge in [0.25, 0.3) is 0 Å². The second kappa shape index (κ2) is 7.10. The summed E-state index contributed by atoms with van der Waals surface area (Å²) in [7, 11) is 0. The van der Waals surface area contributed by atoms with E-state index in [0.29, 0.717) is 5.69 Å². The van der Waals surface area contributed by atoms with Gasteiger partial charge in [0.05, 0.1) is 0 Å². The number of carboxylic acid groups (broad SMARTS) is 1. The molecule has 0 fully saturated rings. The second-order valence-electron chi connectivity index (χ2n) is 3.94. The number of halogens is 1. The van der Waals surface area contributed by atoms with Crippen molar-refractivity contribution in [2.75, 3.05) is 11.9 Å². The Morgan fingerprint density at radius 3 is 2.74 bits per heavy atom. The molecule has 0 aromatic heterocycles. The highest BCUT2D eigenvalue weighted by atomic mass is 79.9. The lowest BCUT2D eigenvalue weighted by Gasteiger charge is -2.11. The molecule has 0 radical (unpaired) electrons. The van der Waals surface area contributed by atoms with E-state index in [0.717, 1.165) is 10.0 Å². The van der Waals surface area contributed by atoms with Crippen LogP contribution in [0.25, 0.3) is 0 Å². The van der Waals surface area contributed by atoms with Crippen LogP contribution in [-0.4, -0.2) is 34.9 Å². The van der Waals surface area contributed by atoms with Crippen LogP contribution >= 0.6 is 15.9 Å². The van der Waals surface area contributed by atoms with Crippen molar-refractivity contribution < 1.29 is 19.8 Å². The third-order valence-corrected chi connectivity index (χ3v) is 3.36. The summed E-state index contributed by atoms with van der Waals surface area (Å²) in [6.45, 7) is 1.93. The molecule has 0 aliphatic heterocycles. The van der Waals surface area contributed by atoms with Crippen LogP contribution in [0.3, 0.4) is 0 Å². The van der Waals surface area contributed by atoms with Gasteiger partial charge in [-0.25, -0.2) is 9.59 Å². The fraction of sp³-hybridized carbons (Fsp3) is 0.333. The summed E-state index contributed by atoms with van der Waals surface area (Å²) >= 11 is 3.35.